The van der Waals surface area contributed by atoms with Crippen LogP contribution in [0.25, 0.3) is 11.1 Å². The van der Waals surface area contributed by atoms with Crippen molar-refractivity contribution in [2.24, 2.45) is 0 Å². The van der Waals surface area contributed by atoms with Crippen molar-refractivity contribution in [2.45, 2.75) is 32.0 Å². The van der Waals surface area contributed by atoms with Crippen molar-refractivity contribution >= 4 is 0 Å². The predicted octanol–water partition coefficient (Wildman–Crippen LogP) is 3.20. The standard InChI is InChI=1S/C21H22N2O3/c1-15(20(24)10-4-16-3-2-12-22-13-16)26-19-8-5-17(6-9-19)18-7-11-21(25)23-14-18/h2-3,5-9,11-15,20,24H,4,10H2,1H3,(H,23,25). The topological polar surface area (TPSA) is 75.2 Å². The number of nitrogens with one attached hydrogen (secondary N) is 1. The van der Waals surface area contributed by atoms with Gasteiger partial charge >= 0.3 is 0 Å². The molecule has 0 saturated carbocycles. The van der Waals surface area contributed by atoms with Gasteiger partial charge in [0.05, 0.1) is 6.10 Å². The summed E-state index contributed by atoms with van der Waals surface area (Å²) in [4.78, 5) is 17.9. The molecule has 0 radical (unpaired) electrons. The van der Waals surface area contributed by atoms with Crippen molar-refractivity contribution in [3.63, 3.8) is 0 Å². The molecular formula is C21H22N2O3. The van der Waals surface area contributed by atoms with Gasteiger partial charge in [-0.3, -0.25) is 9.78 Å². The number of pyridine rings is 2. The summed E-state index contributed by atoms with van der Waals surface area (Å²) in [5.74, 6) is 0.700. The molecule has 0 saturated heterocycles. The number of rotatable bonds is 7. The molecule has 0 aliphatic rings. The molecule has 5 nitrogen and oxygen atoms in total. The first kappa shape index (κ1) is 17.9. The second-order valence-electron chi connectivity index (χ2n) is 6.26. The number of aliphatic hydroxyl groups is 1. The van der Waals surface area contributed by atoms with Gasteiger partial charge in [-0.05, 0) is 60.7 Å². The van der Waals surface area contributed by atoms with Gasteiger partial charge in [-0.2, -0.15) is 0 Å². The summed E-state index contributed by atoms with van der Waals surface area (Å²) in [5, 5.41) is 10.3. The van der Waals surface area contributed by atoms with E-state index in [0.717, 1.165) is 23.1 Å². The van der Waals surface area contributed by atoms with Crippen LogP contribution in [-0.4, -0.2) is 27.3 Å². The number of H-pyrrole nitrogens is 1. The minimum absolute atomic E-state index is 0.122. The molecule has 0 amide bonds. The number of aromatic amines is 1. The van der Waals surface area contributed by atoms with Crippen LogP contribution in [0.3, 0.4) is 0 Å². The number of ether oxygens (including phenoxy) is 1. The van der Waals surface area contributed by atoms with Gasteiger partial charge in [0.15, 0.2) is 0 Å². The van der Waals surface area contributed by atoms with Gasteiger partial charge in [0, 0.05) is 24.7 Å². The Hall–Kier alpha value is -2.92. The first-order valence-corrected chi connectivity index (χ1v) is 8.64. The Labute approximate surface area is 152 Å². The molecule has 3 rings (SSSR count). The van der Waals surface area contributed by atoms with Crippen LogP contribution >= 0.6 is 0 Å². The van der Waals surface area contributed by atoms with Crippen molar-refractivity contribution in [2.75, 3.05) is 0 Å². The normalized spacial score (nSPS) is 13.2. The molecule has 1 aromatic carbocycles. The monoisotopic (exact) mass is 350 g/mol. The van der Waals surface area contributed by atoms with Crippen LogP contribution in [0.5, 0.6) is 5.75 Å². The number of nitrogens with zero attached hydrogens (tertiary/aromatic N) is 1. The van der Waals surface area contributed by atoms with Crippen LogP contribution in [-0.2, 0) is 6.42 Å². The van der Waals surface area contributed by atoms with Crippen LogP contribution < -0.4 is 10.3 Å². The van der Waals surface area contributed by atoms with Crippen molar-refractivity contribution in [1.29, 1.82) is 0 Å². The molecule has 2 aromatic heterocycles. The average molecular weight is 350 g/mol. The molecule has 5 heteroatoms. The lowest BCUT2D eigenvalue weighted by Crippen LogP contribution is -2.29. The molecule has 2 heterocycles. The summed E-state index contributed by atoms with van der Waals surface area (Å²) < 4.78 is 5.85. The maximum atomic E-state index is 11.1. The molecule has 0 bridgehead atoms. The zero-order valence-corrected chi connectivity index (χ0v) is 14.6. The van der Waals surface area contributed by atoms with E-state index in [4.69, 9.17) is 4.74 Å². The van der Waals surface area contributed by atoms with Gasteiger partial charge in [-0.15, -0.1) is 0 Å². The Morgan fingerprint density at radius 2 is 1.88 bits per heavy atom. The van der Waals surface area contributed by atoms with Crippen molar-refractivity contribution < 1.29 is 9.84 Å². The molecule has 2 unspecified atom stereocenters. The summed E-state index contributed by atoms with van der Waals surface area (Å²) in [5.41, 5.74) is 2.89. The largest absolute Gasteiger partial charge is 0.488 e. The summed E-state index contributed by atoms with van der Waals surface area (Å²) in [6, 6.07) is 14.8. The summed E-state index contributed by atoms with van der Waals surface area (Å²) in [6.07, 6.45) is 5.73. The van der Waals surface area contributed by atoms with Crippen molar-refractivity contribution in [1.82, 2.24) is 9.97 Å². The molecule has 26 heavy (non-hydrogen) atoms. The van der Waals surface area contributed by atoms with Crippen LogP contribution in [0, 0.1) is 0 Å². The third kappa shape index (κ3) is 4.80. The lowest BCUT2D eigenvalue weighted by Gasteiger charge is -2.20. The fourth-order valence-electron chi connectivity index (χ4n) is 2.70. The Balaban J connectivity index is 1.56. The highest BCUT2D eigenvalue weighted by molar-refractivity contribution is 5.62. The van der Waals surface area contributed by atoms with E-state index < -0.39 is 6.10 Å². The molecule has 0 spiro atoms. The number of benzene rings is 1. The third-order valence-electron chi connectivity index (χ3n) is 4.29. The van der Waals surface area contributed by atoms with E-state index in [1.54, 1.807) is 18.5 Å². The van der Waals surface area contributed by atoms with Gasteiger partial charge in [0.1, 0.15) is 11.9 Å². The molecule has 0 aliphatic heterocycles. The second-order valence-corrected chi connectivity index (χ2v) is 6.26. The van der Waals surface area contributed by atoms with E-state index in [0.29, 0.717) is 12.2 Å². The summed E-state index contributed by atoms with van der Waals surface area (Å²) >= 11 is 0. The maximum Gasteiger partial charge on any atom is 0.247 e. The van der Waals surface area contributed by atoms with E-state index in [1.807, 2.05) is 49.5 Å². The Kier molecular flexibility index (Phi) is 5.81. The molecule has 2 atom stereocenters. The van der Waals surface area contributed by atoms with Gasteiger partial charge < -0.3 is 14.8 Å². The smallest absolute Gasteiger partial charge is 0.247 e. The SMILES string of the molecule is CC(Oc1ccc(-c2ccc(=O)[nH]c2)cc1)C(O)CCc1cccnc1. The lowest BCUT2D eigenvalue weighted by molar-refractivity contribution is 0.0420. The van der Waals surface area contributed by atoms with E-state index in [-0.39, 0.29) is 11.7 Å². The molecule has 3 aromatic rings. The van der Waals surface area contributed by atoms with Crippen LogP contribution in [0.2, 0.25) is 0 Å². The first-order chi connectivity index (χ1) is 12.6. The zero-order chi connectivity index (χ0) is 18.4. The lowest BCUT2D eigenvalue weighted by atomic mass is 10.1. The number of aliphatic hydroxyl groups excluding tert-OH is 1. The number of hydrogen-bond acceptors (Lipinski definition) is 4. The fraction of sp³-hybridized carbons (Fsp3) is 0.238. The third-order valence-corrected chi connectivity index (χ3v) is 4.29. The molecule has 134 valence electrons. The highest BCUT2D eigenvalue weighted by Gasteiger charge is 2.16. The number of aromatic nitrogens is 2. The molecule has 2 N–H and O–H groups in total. The molecular weight excluding hydrogens is 328 g/mol. The first-order valence-electron chi connectivity index (χ1n) is 8.64. The van der Waals surface area contributed by atoms with E-state index in [9.17, 15) is 9.90 Å². The summed E-state index contributed by atoms with van der Waals surface area (Å²) in [7, 11) is 0. The minimum Gasteiger partial charge on any atom is -0.488 e. The average Bonchev–Trinajstić information content (AvgIpc) is 2.68. The Morgan fingerprint density at radius 3 is 2.54 bits per heavy atom. The minimum atomic E-state index is -0.561. The van der Waals surface area contributed by atoms with Gasteiger partial charge in [0.25, 0.3) is 0 Å². The van der Waals surface area contributed by atoms with E-state index in [1.165, 1.54) is 6.07 Å². The molecule has 0 fully saturated rings. The van der Waals surface area contributed by atoms with E-state index in [2.05, 4.69) is 9.97 Å². The highest BCUT2D eigenvalue weighted by Crippen LogP contribution is 2.22. The van der Waals surface area contributed by atoms with Gasteiger partial charge in [0.2, 0.25) is 5.56 Å². The van der Waals surface area contributed by atoms with Crippen LogP contribution in [0.15, 0.2) is 71.9 Å². The number of hydrogen-bond donors (Lipinski definition) is 2. The molecule has 0 aliphatic carbocycles. The van der Waals surface area contributed by atoms with Gasteiger partial charge in [-0.25, -0.2) is 0 Å². The maximum absolute atomic E-state index is 11.1. The van der Waals surface area contributed by atoms with Crippen LogP contribution in [0.4, 0.5) is 0 Å². The van der Waals surface area contributed by atoms with Gasteiger partial charge in [-0.1, -0.05) is 18.2 Å². The summed E-state index contributed by atoms with van der Waals surface area (Å²) in [6.45, 7) is 1.86. The quantitative estimate of drug-likeness (QED) is 0.686. The van der Waals surface area contributed by atoms with Crippen LogP contribution in [0.1, 0.15) is 18.9 Å². The predicted molar refractivity (Wildman–Crippen MR) is 101 cm³/mol. The Bertz CT molecular complexity index is 855. The Morgan fingerprint density at radius 1 is 1.12 bits per heavy atom. The van der Waals surface area contributed by atoms with E-state index >= 15 is 0 Å². The van der Waals surface area contributed by atoms with Crippen molar-refractivity contribution in [3.8, 4) is 16.9 Å². The zero-order valence-electron chi connectivity index (χ0n) is 14.6. The fourth-order valence-corrected chi connectivity index (χ4v) is 2.70. The van der Waals surface area contributed by atoms with Crippen molar-refractivity contribution in [3.05, 3.63) is 83.0 Å². The number of aryl methyl sites for hydroxylation is 1. The second kappa shape index (κ2) is 8.45. The highest BCUT2D eigenvalue weighted by atomic mass is 16.5.